The fourth-order valence-electron chi connectivity index (χ4n) is 5.57. The summed E-state index contributed by atoms with van der Waals surface area (Å²) in [5, 5.41) is 43.8. The molecule has 2 aliphatic carbocycles. The number of fused-ring (bicyclic) bond motifs is 4. The van der Waals surface area contributed by atoms with Crippen LogP contribution in [0.1, 0.15) is 71.6 Å². The molecule has 5 aliphatic rings. The fraction of sp³-hybridized carbons (Fsp3) is 0.545. The van der Waals surface area contributed by atoms with Crippen LogP contribution in [0.25, 0.3) is 0 Å². The summed E-state index contributed by atoms with van der Waals surface area (Å²) < 4.78 is 11.6. The van der Waals surface area contributed by atoms with Gasteiger partial charge < -0.3 is 29.9 Å². The molecule has 0 radical (unpaired) electrons. The van der Waals surface area contributed by atoms with Crippen LogP contribution >= 0.6 is 0 Å². The van der Waals surface area contributed by atoms with Crippen molar-refractivity contribution in [2.24, 2.45) is 0 Å². The predicted molar refractivity (Wildman–Crippen MR) is 103 cm³/mol. The number of aliphatic hydroxyl groups excluding tert-OH is 1. The molecule has 4 unspecified atom stereocenters. The molecule has 0 saturated carbocycles. The Morgan fingerprint density at radius 3 is 2.37 bits per heavy atom. The first kappa shape index (κ1) is 19.7. The lowest BCUT2D eigenvalue weighted by Crippen LogP contribution is -2.66. The first-order valence-electron chi connectivity index (χ1n) is 10.3. The van der Waals surface area contributed by atoms with Crippen LogP contribution < -0.4 is 0 Å². The molecule has 1 aromatic rings. The maximum Gasteiger partial charge on any atom is 0.197 e. The molecule has 3 heterocycles. The maximum absolute atomic E-state index is 13.5. The first-order valence-corrected chi connectivity index (χ1v) is 10.3. The van der Waals surface area contributed by atoms with E-state index < -0.39 is 47.3 Å². The zero-order chi connectivity index (χ0) is 21.7. The molecule has 8 nitrogen and oxygen atoms in total. The molecule has 1 aromatic carbocycles. The normalized spacial score (nSPS) is 37.2. The number of ketones is 2. The van der Waals surface area contributed by atoms with Gasteiger partial charge in [-0.3, -0.25) is 9.59 Å². The summed E-state index contributed by atoms with van der Waals surface area (Å²) in [6, 6.07) is 0. The third-order valence-corrected chi connectivity index (χ3v) is 7.13. The highest BCUT2D eigenvalue weighted by molar-refractivity contribution is 6.30. The summed E-state index contributed by atoms with van der Waals surface area (Å²) in [5.41, 5.74) is -2.29. The highest BCUT2D eigenvalue weighted by Gasteiger charge is 2.62. The van der Waals surface area contributed by atoms with E-state index in [9.17, 15) is 30.0 Å². The van der Waals surface area contributed by atoms with E-state index in [1.165, 1.54) is 6.92 Å². The van der Waals surface area contributed by atoms with E-state index in [0.717, 1.165) is 0 Å². The molecule has 30 heavy (non-hydrogen) atoms. The van der Waals surface area contributed by atoms with Gasteiger partial charge in [-0.1, -0.05) is 6.92 Å². The van der Waals surface area contributed by atoms with Crippen molar-refractivity contribution in [2.45, 2.75) is 76.2 Å². The number of carbonyl (C=O) groups excluding carboxylic acids is 2. The van der Waals surface area contributed by atoms with Crippen LogP contribution in [-0.2, 0) is 15.9 Å². The van der Waals surface area contributed by atoms with E-state index in [4.69, 9.17) is 9.47 Å². The van der Waals surface area contributed by atoms with E-state index in [1.807, 2.05) is 6.92 Å². The van der Waals surface area contributed by atoms with Crippen molar-refractivity contribution in [1.29, 1.82) is 0 Å². The van der Waals surface area contributed by atoms with E-state index in [-0.39, 0.29) is 46.1 Å². The molecule has 1 fully saturated rings. The quantitative estimate of drug-likeness (QED) is 0.506. The number of benzene rings is 1. The second-order valence-corrected chi connectivity index (χ2v) is 8.64. The van der Waals surface area contributed by atoms with Gasteiger partial charge in [0.2, 0.25) is 0 Å². The number of hydrogen-bond acceptors (Lipinski definition) is 8. The minimum atomic E-state index is -2.07. The Balaban J connectivity index is 1.79. The Bertz CT molecular complexity index is 1030. The van der Waals surface area contributed by atoms with Crippen molar-refractivity contribution in [1.82, 2.24) is 0 Å². The van der Waals surface area contributed by atoms with E-state index >= 15 is 0 Å². The van der Waals surface area contributed by atoms with Crippen molar-refractivity contribution < 1.29 is 39.5 Å². The molecule has 1 saturated heterocycles. The van der Waals surface area contributed by atoms with Crippen LogP contribution in [0.2, 0.25) is 0 Å². The van der Waals surface area contributed by atoms with Gasteiger partial charge in [-0.25, -0.2) is 0 Å². The standard InChI is InChI=1S/C22H24O8/c1-4-9-5-10-13(7(2)29-9)19(25)16-15(18(10)24)20(26)14-11-6-12(23)22(28,8(3)30-11)17(14)21(16)27/h7-9,11-12,23-25,28H,4-6H2,1-3H3/t7-,8?,9-,11?,12?,22?/m0/s1. The van der Waals surface area contributed by atoms with Crippen LogP contribution in [0.3, 0.4) is 0 Å². The summed E-state index contributed by atoms with van der Waals surface area (Å²) in [6.45, 7) is 5.17. The SMILES string of the molecule is CC[C@H]1Cc2c(O)c3c(c(O)c2[C@H](C)O1)C(=O)C1=C(C3=O)C2CC(O)C1(O)C(C)O2. The molecule has 2 bridgehead atoms. The molecule has 0 spiro atoms. The summed E-state index contributed by atoms with van der Waals surface area (Å²) >= 11 is 0. The van der Waals surface area contributed by atoms with Crippen molar-refractivity contribution in [3.05, 3.63) is 33.4 Å². The van der Waals surface area contributed by atoms with E-state index in [1.54, 1.807) is 6.92 Å². The van der Waals surface area contributed by atoms with Gasteiger partial charge in [0.1, 0.15) is 17.1 Å². The van der Waals surface area contributed by atoms with Crippen LogP contribution in [0.5, 0.6) is 11.5 Å². The van der Waals surface area contributed by atoms with Crippen LogP contribution in [0, 0.1) is 0 Å². The number of hydrogen-bond donors (Lipinski definition) is 4. The number of phenolic OH excluding ortho intramolecular Hbond substituents is 2. The third kappa shape index (κ3) is 2.14. The number of rotatable bonds is 1. The highest BCUT2D eigenvalue weighted by Crippen LogP contribution is 2.54. The lowest BCUT2D eigenvalue weighted by molar-refractivity contribution is -0.207. The average molecular weight is 416 g/mol. The van der Waals surface area contributed by atoms with Crippen molar-refractivity contribution in [2.75, 3.05) is 0 Å². The molecule has 4 N–H and O–H groups in total. The van der Waals surface area contributed by atoms with Gasteiger partial charge in [0, 0.05) is 35.1 Å². The number of aromatic hydroxyl groups is 2. The van der Waals surface area contributed by atoms with Crippen molar-refractivity contribution >= 4 is 11.6 Å². The Hall–Kier alpha value is -2.26. The van der Waals surface area contributed by atoms with E-state index in [2.05, 4.69) is 0 Å². The van der Waals surface area contributed by atoms with Crippen LogP contribution in [-0.4, -0.2) is 62.0 Å². The number of carbonyl (C=O) groups is 2. The summed E-state index contributed by atoms with van der Waals surface area (Å²) in [5.74, 6) is -2.19. The second kappa shape index (κ2) is 6.13. The second-order valence-electron chi connectivity index (χ2n) is 8.64. The Kier molecular flexibility index (Phi) is 4.03. The van der Waals surface area contributed by atoms with Crippen molar-refractivity contribution in [3.8, 4) is 11.5 Å². The predicted octanol–water partition coefficient (Wildman–Crippen LogP) is 1.47. The van der Waals surface area contributed by atoms with Gasteiger partial charge in [-0.05, 0) is 20.3 Å². The molecular weight excluding hydrogens is 392 g/mol. The zero-order valence-electron chi connectivity index (χ0n) is 16.9. The van der Waals surface area contributed by atoms with Gasteiger partial charge in [0.25, 0.3) is 0 Å². The summed E-state index contributed by atoms with van der Waals surface area (Å²) in [7, 11) is 0. The van der Waals surface area contributed by atoms with Gasteiger partial charge in [0.15, 0.2) is 11.6 Å². The Labute approximate surface area is 172 Å². The smallest absolute Gasteiger partial charge is 0.197 e. The zero-order valence-corrected chi connectivity index (χ0v) is 16.9. The molecular formula is C22H24O8. The molecule has 0 amide bonds. The molecule has 6 rings (SSSR count). The first-order chi connectivity index (χ1) is 14.1. The van der Waals surface area contributed by atoms with Crippen LogP contribution in [0.4, 0.5) is 0 Å². The molecule has 0 aromatic heterocycles. The minimum absolute atomic E-state index is 0.0332. The van der Waals surface area contributed by atoms with Crippen molar-refractivity contribution in [3.63, 3.8) is 0 Å². The highest BCUT2D eigenvalue weighted by atomic mass is 16.5. The number of aliphatic hydroxyl groups is 2. The number of Topliss-reactive ketones (excluding diaryl/α,β-unsaturated/α-hetero) is 2. The number of phenols is 2. The molecule has 8 heteroatoms. The minimum Gasteiger partial charge on any atom is -0.507 e. The largest absolute Gasteiger partial charge is 0.507 e. The Morgan fingerprint density at radius 2 is 1.73 bits per heavy atom. The van der Waals surface area contributed by atoms with Crippen LogP contribution in [0.15, 0.2) is 11.1 Å². The lowest BCUT2D eigenvalue weighted by Gasteiger charge is -2.52. The van der Waals surface area contributed by atoms with Gasteiger partial charge in [-0.15, -0.1) is 0 Å². The topological polar surface area (TPSA) is 134 Å². The fourth-order valence-corrected chi connectivity index (χ4v) is 5.57. The monoisotopic (exact) mass is 416 g/mol. The van der Waals surface area contributed by atoms with Gasteiger partial charge >= 0.3 is 0 Å². The average Bonchev–Trinajstić information content (AvgIpc) is 2.69. The Morgan fingerprint density at radius 1 is 1.07 bits per heavy atom. The van der Waals surface area contributed by atoms with E-state index in [0.29, 0.717) is 18.4 Å². The third-order valence-electron chi connectivity index (χ3n) is 7.13. The van der Waals surface area contributed by atoms with Gasteiger partial charge in [0.05, 0.1) is 41.6 Å². The molecule has 6 atom stereocenters. The number of ether oxygens (including phenoxy) is 2. The molecule has 160 valence electrons. The summed E-state index contributed by atoms with van der Waals surface area (Å²) in [4.78, 5) is 27.0. The van der Waals surface area contributed by atoms with Gasteiger partial charge in [-0.2, -0.15) is 0 Å². The molecule has 3 aliphatic heterocycles. The maximum atomic E-state index is 13.5. The lowest BCUT2D eigenvalue weighted by atomic mass is 9.63. The summed E-state index contributed by atoms with van der Waals surface area (Å²) in [6.07, 6.45) is -2.90.